The number of benzene rings is 1. The first-order valence-corrected chi connectivity index (χ1v) is 6.15. The van der Waals surface area contributed by atoms with Gasteiger partial charge in [0.1, 0.15) is 18.3 Å². The summed E-state index contributed by atoms with van der Waals surface area (Å²) < 4.78 is 0. The number of anilines is 1. The molecule has 96 valence electrons. The summed E-state index contributed by atoms with van der Waals surface area (Å²) >= 11 is 0. The van der Waals surface area contributed by atoms with Crippen LogP contribution < -0.4 is 4.90 Å². The number of aryl methyl sites for hydroxylation is 2. The van der Waals surface area contributed by atoms with Crippen molar-refractivity contribution in [3.63, 3.8) is 0 Å². The quantitative estimate of drug-likeness (QED) is 0.771. The molecule has 2 rings (SSSR count). The van der Waals surface area contributed by atoms with Crippen molar-refractivity contribution in [3.05, 3.63) is 40.7 Å². The normalized spacial score (nSPS) is 18.5. The van der Waals surface area contributed by atoms with E-state index >= 15 is 0 Å². The van der Waals surface area contributed by atoms with E-state index in [0.717, 1.165) is 16.8 Å². The van der Waals surface area contributed by atoms with Gasteiger partial charge in [-0.15, -0.1) is 0 Å². The van der Waals surface area contributed by atoms with Gasteiger partial charge in [-0.25, -0.2) is 0 Å². The highest BCUT2D eigenvalue weighted by atomic mass is 15.4. The largest absolute Gasteiger partial charge is 0.343 e. The molecule has 1 atom stereocenters. The van der Waals surface area contributed by atoms with Crippen molar-refractivity contribution in [1.82, 2.24) is 4.90 Å². The number of nitriles is 2. The smallest absolute Gasteiger partial charge is 0.157 e. The number of hydrogen-bond acceptors (Lipinski definition) is 4. The molecule has 1 aliphatic heterocycles. The van der Waals surface area contributed by atoms with Crippen molar-refractivity contribution < 1.29 is 0 Å². The van der Waals surface area contributed by atoms with E-state index in [1.807, 2.05) is 55.8 Å². The van der Waals surface area contributed by atoms with Gasteiger partial charge in [-0.05, 0) is 31.9 Å². The molecular formula is C15H16N4. The van der Waals surface area contributed by atoms with Crippen LogP contribution in [0.3, 0.4) is 0 Å². The van der Waals surface area contributed by atoms with Crippen LogP contribution in [0.1, 0.15) is 18.1 Å². The first kappa shape index (κ1) is 13.0. The topological polar surface area (TPSA) is 54.1 Å². The third-order valence-electron chi connectivity index (χ3n) is 3.64. The van der Waals surface area contributed by atoms with Crippen molar-refractivity contribution in [3.8, 4) is 12.1 Å². The number of rotatable bonds is 1. The van der Waals surface area contributed by atoms with Crippen LogP contribution in [0.25, 0.3) is 0 Å². The summed E-state index contributed by atoms with van der Waals surface area (Å²) in [6.45, 7) is 6.04. The number of nitrogens with zero attached hydrogens (tertiary/aromatic N) is 4. The van der Waals surface area contributed by atoms with Gasteiger partial charge in [-0.3, -0.25) is 0 Å². The van der Waals surface area contributed by atoms with Crippen LogP contribution in [0.5, 0.6) is 0 Å². The average Bonchev–Trinajstić information content (AvgIpc) is 2.62. The minimum Gasteiger partial charge on any atom is -0.343 e. The van der Waals surface area contributed by atoms with Crippen molar-refractivity contribution in [2.45, 2.75) is 26.9 Å². The molecular weight excluding hydrogens is 236 g/mol. The summed E-state index contributed by atoms with van der Waals surface area (Å²) in [6.07, 6.45) is -0.0379. The Morgan fingerprint density at radius 3 is 2.05 bits per heavy atom. The van der Waals surface area contributed by atoms with Gasteiger partial charge >= 0.3 is 0 Å². The summed E-state index contributed by atoms with van der Waals surface area (Å²) in [7, 11) is 1.84. The summed E-state index contributed by atoms with van der Waals surface area (Å²) in [5.74, 6) is 0. The van der Waals surface area contributed by atoms with Gasteiger partial charge in [-0.2, -0.15) is 10.5 Å². The van der Waals surface area contributed by atoms with Gasteiger partial charge in [0.15, 0.2) is 11.4 Å². The number of allylic oxidation sites excluding steroid dienone is 2. The molecule has 0 amide bonds. The molecule has 1 aliphatic rings. The van der Waals surface area contributed by atoms with Gasteiger partial charge in [0, 0.05) is 12.7 Å². The molecule has 0 aliphatic carbocycles. The molecule has 1 aromatic rings. The minimum absolute atomic E-state index is 0.0379. The molecule has 0 spiro atoms. The van der Waals surface area contributed by atoms with E-state index in [1.54, 1.807) is 0 Å². The van der Waals surface area contributed by atoms with Crippen molar-refractivity contribution in [1.29, 1.82) is 10.5 Å². The van der Waals surface area contributed by atoms with Crippen LogP contribution in [0.15, 0.2) is 29.6 Å². The Morgan fingerprint density at radius 2 is 1.58 bits per heavy atom. The lowest BCUT2D eigenvalue weighted by atomic mass is 10.1. The highest BCUT2D eigenvalue weighted by Crippen LogP contribution is 2.36. The molecule has 0 unspecified atom stereocenters. The second-order valence-corrected chi connectivity index (χ2v) is 4.77. The summed E-state index contributed by atoms with van der Waals surface area (Å²) in [5, 5.41) is 18.6. The second kappa shape index (κ2) is 4.66. The highest BCUT2D eigenvalue weighted by Gasteiger charge is 2.35. The van der Waals surface area contributed by atoms with Crippen LogP contribution in [-0.2, 0) is 0 Å². The Morgan fingerprint density at radius 1 is 1.05 bits per heavy atom. The van der Waals surface area contributed by atoms with Crippen molar-refractivity contribution >= 4 is 5.69 Å². The maximum atomic E-state index is 9.39. The third kappa shape index (κ3) is 1.82. The predicted octanol–water partition coefficient (Wildman–Crippen LogP) is 2.66. The fourth-order valence-corrected chi connectivity index (χ4v) is 2.55. The van der Waals surface area contributed by atoms with Crippen molar-refractivity contribution in [2.75, 3.05) is 11.9 Å². The van der Waals surface area contributed by atoms with Gasteiger partial charge in [0.05, 0.1) is 0 Å². The molecule has 1 aromatic carbocycles. The van der Waals surface area contributed by atoms with E-state index < -0.39 is 0 Å². The maximum Gasteiger partial charge on any atom is 0.157 e. The summed E-state index contributed by atoms with van der Waals surface area (Å²) in [6, 6.07) is 10.3. The van der Waals surface area contributed by atoms with E-state index in [-0.39, 0.29) is 6.17 Å². The van der Waals surface area contributed by atoms with Crippen LogP contribution in [0.4, 0.5) is 5.69 Å². The van der Waals surface area contributed by atoms with Crippen LogP contribution in [0, 0.1) is 36.5 Å². The molecule has 0 aromatic heterocycles. The van der Waals surface area contributed by atoms with Crippen LogP contribution in [0.2, 0.25) is 0 Å². The zero-order chi connectivity index (χ0) is 14.2. The van der Waals surface area contributed by atoms with E-state index in [4.69, 9.17) is 0 Å². The molecule has 0 radical (unpaired) electrons. The molecule has 1 heterocycles. The molecule has 4 heteroatoms. The van der Waals surface area contributed by atoms with E-state index in [0.29, 0.717) is 11.4 Å². The highest BCUT2D eigenvalue weighted by molar-refractivity contribution is 5.68. The first-order chi connectivity index (χ1) is 9.02. The Hall–Kier alpha value is -2.46. The first-order valence-electron chi connectivity index (χ1n) is 6.15. The Kier molecular flexibility index (Phi) is 3.19. The number of hydrogen-bond donors (Lipinski definition) is 0. The van der Waals surface area contributed by atoms with Gasteiger partial charge in [0.2, 0.25) is 0 Å². The standard InChI is InChI=1S/C15H16N4/c1-10-6-5-7-11(2)15(10)19-12(3)18(4)13(8-16)14(19)9-17/h5-7,12H,1-4H3/t12-/m0/s1. The molecule has 0 bridgehead atoms. The second-order valence-electron chi connectivity index (χ2n) is 4.77. The lowest BCUT2D eigenvalue weighted by molar-refractivity contribution is 0.367. The summed E-state index contributed by atoms with van der Waals surface area (Å²) in [5.41, 5.74) is 4.08. The third-order valence-corrected chi connectivity index (χ3v) is 3.64. The predicted molar refractivity (Wildman–Crippen MR) is 73.9 cm³/mol. The lowest BCUT2D eigenvalue weighted by Crippen LogP contribution is -2.36. The monoisotopic (exact) mass is 252 g/mol. The fraction of sp³-hybridized carbons (Fsp3) is 0.333. The van der Waals surface area contributed by atoms with E-state index in [2.05, 4.69) is 12.1 Å². The average molecular weight is 252 g/mol. The molecule has 19 heavy (non-hydrogen) atoms. The molecule has 0 saturated carbocycles. The van der Waals surface area contributed by atoms with Gasteiger partial charge < -0.3 is 9.80 Å². The maximum absolute atomic E-state index is 9.39. The Bertz CT molecular complexity index is 610. The van der Waals surface area contributed by atoms with E-state index in [1.165, 1.54) is 0 Å². The van der Waals surface area contributed by atoms with Crippen LogP contribution >= 0.6 is 0 Å². The zero-order valence-corrected chi connectivity index (χ0v) is 11.6. The summed E-state index contributed by atoms with van der Waals surface area (Å²) in [4.78, 5) is 3.79. The lowest BCUT2D eigenvalue weighted by Gasteiger charge is -2.30. The SMILES string of the molecule is Cc1cccc(C)c1N1C(C#N)=C(C#N)N(C)[C@@H]1C. The molecule has 0 saturated heterocycles. The van der Waals surface area contributed by atoms with Crippen LogP contribution in [-0.4, -0.2) is 18.1 Å². The Balaban J connectivity index is 2.67. The fourth-order valence-electron chi connectivity index (χ4n) is 2.55. The molecule has 0 N–H and O–H groups in total. The molecule has 4 nitrogen and oxygen atoms in total. The number of para-hydroxylation sites is 1. The zero-order valence-electron chi connectivity index (χ0n) is 11.6. The Labute approximate surface area is 113 Å². The van der Waals surface area contributed by atoms with E-state index in [9.17, 15) is 10.5 Å². The van der Waals surface area contributed by atoms with Gasteiger partial charge in [0.25, 0.3) is 0 Å². The van der Waals surface area contributed by atoms with Crippen molar-refractivity contribution in [2.24, 2.45) is 0 Å². The van der Waals surface area contributed by atoms with Gasteiger partial charge in [-0.1, -0.05) is 18.2 Å². The molecule has 0 fully saturated rings. The minimum atomic E-state index is -0.0379.